The molecule has 24 heavy (non-hydrogen) atoms. The zero-order valence-electron chi connectivity index (χ0n) is 13.5. The van der Waals surface area contributed by atoms with Crippen molar-refractivity contribution >= 4 is 11.6 Å². The van der Waals surface area contributed by atoms with E-state index in [1.165, 1.54) is 5.56 Å². The predicted molar refractivity (Wildman–Crippen MR) is 92.0 cm³/mol. The summed E-state index contributed by atoms with van der Waals surface area (Å²) in [6.45, 7) is 3.09. The molecule has 1 amide bonds. The van der Waals surface area contributed by atoms with E-state index in [1.807, 2.05) is 42.6 Å². The van der Waals surface area contributed by atoms with Gasteiger partial charge in [-0.15, -0.1) is 0 Å². The van der Waals surface area contributed by atoms with Crippen LogP contribution in [-0.4, -0.2) is 39.6 Å². The smallest absolute Gasteiger partial charge is 0.251 e. The lowest BCUT2D eigenvalue weighted by Gasteiger charge is -2.29. The molecule has 0 N–H and O–H groups in total. The van der Waals surface area contributed by atoms with E-state index in [0.717, 1.165) is 37.3 Å². The number of likely N-dealkylation sites (tertiary alicyclic amines) is 1. The van der Waals surface area contributed by atoms with Crippen molar-refractivity contribution in [1.82, 2.24) is 14.9 Å². The highest BCUT2D eigenvalue weighted by Crippen LogP contribution is 2.26. The highest BCUT2D eigenvalue weighted by molar-refractivity contribution is 6.09. The van der Waals surface area contributed by atoms with Gasteiger partial charge in [-0.25, -0.2) is 5.01 Å². The molecule has 1 fully saturated rings. The van der Waals surface area contributed by atoms with Crippen LogP contribution in [0.15, 0.2) is 60.0 Å². The van der Waals surface area contributed by atoms with Crippen molar-refractivity contribution < 1.29 is 4.79 Å². The van der Waals surface area contributed by atoms with Crippen molar-refractivity contribution in [2.75, 3.05) is 13.1 Å². The van der Waals surface area contributed by atoms with Crippen LogP contribution in [-0.2, 0) is 17.9 Å². The van der Waals surface area contributed by atoms with Crippen molar-refractivity contribution in [1.29, 1.82) is 0 Å². The quantitative estimate of drug-likeness (QED) is 0.868. The van der Waals surface area contributed by atoms with E-state index in [2.05, 4.69) is 21.1 Å². The van der Waals surface area contributed by atoms with Gasteiger partial charge in [-0.05, 0) is 23.6 Å². The third-order valence-corrected chi connectivity index (χ3v) is 4.63. The zero-order chi connectivity index (χ0) is 16.4. The Balaban J connectivity index is 1.44. The number of hydrogen-bond acceptors (Lipinski definition) is 4. The molecule has 0 saturated carbocycles. The molecule has 1 saturated heterocycles. The van der Waals surface area contributed by atoms with E-state index >= 15 is 0 Å². The summed E-state index contributed by atoms with van der Waals surface area (Å²) in [5.41, 5.74) is 3.31. The average Bonchev–Trinajstić information content (AvgIpc) is 2.92. The summed E-state index contributed by atoms with van der Waals surface area (Å²) in [7, 11) is 0. The van der Waals surface area contributed by atoms with Crippen molar-refractivity contribution in [3.05, 3.63) is 66.0 Å². The summed E-state index contributed by atoms with van der Waals surface area (Å²) >= 11 is 0. The Morgan fingerprint density at radius 1 is 1.04 bits per heavy atom. The Morgan fingerprint density at radius 3 is 2.67 bits per heavy atom. The summed E-state index contributed by atoms with van der Waals surface area (Å²) in [6.07, 6.45) is 4.54. The molecular weight excluding hydrogens is 300 g/mol. The van der Waals surface area contributed by atoms with Crippen molar-refractivity contribution in [2.45, 2.75) is 19.5 Å². The minimum Gasteiger partial charge on any atom is -0.293 e. The Labute approximate surface area is 141 Å². The maximum absolute atomic E-state index is 12.6. The summed E-state index contributed by atoms with van der Waals surface area (Å²) in [5.74, 6) is 0.119. The second-order valence-electron chi connectivity index (χ2n) is 6.39. The van der Waals surface area contributed by atoms with Crippen molar-refractivity contribution in [2.24, 2.45) is 11.0 Å². The number of rotatable bonds is 4. The summed E-state index contributed by atoms with van der Waals surface area (Å²) < 4.78 is 0. The summed E-state index contributed by atoms with van der Waals surface area (Å²) in [5, 5.41) is 6.26. The number of fused-ring (bicyclic) bond motifs is 1. The van der Waals surface area contributed by atoms with Gasteiger partial charge in [0.2, 0.25) is 0 Å². The van der Waals surface area contributed by atoms with E-state index in [4.69, 9.17) is 0 Å². The molecule has 1 atom stereocenters. The lowest BCUT2D eigenvalue weighted by Crippen LogP contribution is -2.41. The molecular formula is C19H20N4O. The minimum absolute atomic E-state index is 0.0288. The first-order valence-electron chi connectivity index (χ1n) is 8.33. The van der Waals surface area contributed by atoms with Gasteiger partial charge in [0.25, 0.3) is 5.91 Å². The van der Waals surface area contributed by atoms with Crippen molar-refractivity contribution in [3.63, 3.8) is 0 Å². The SMILES string of the molecule is O=C1C2CCN(Cc3cccnc3)CC2=NN1Cc1ccccc1. The van der Waals surface area contributed by atoms with Gasteiger partial charge in [0, 0.05) is 32.0 Å². The highest BCUT2D eigenvalue weighted by atomic mass is 16.2. The second-order valence-corrected chi connectivity index (χ2v) is 6.39. The van der Waals surface area contributed by atoms with Crippen LogP contribution in [0.4, 0.5) is 0 Å². The molecule has 0 bridgehead atoms. The van der Waals surface area contributed by atoms with Gasteiger partial charge in [0.05, 0.1) is 18.2 Å². The Morgan fingerprint density at radius 2 is 1.88 bits per heavy atom. The number of hydrogen-bond donors (Lipinski definition) is 0. The monoisotopic (exact) mass is 320 g/mol. The first-order chi connectivity index (χ1) is 11.8. The zero-order valence-corrected chi connectivity index (χ0v) is 13.5. The third-order valence-electron chi connectivity index (χ3n) is 4.63. The van der Waals surface area contributed by atoms with Crippen LogP contribution in [0.1, 0.15) is 17.5 Å². The number of nitrogens with zero attached hydrogens (tertiary/aromatic N) is 4. The van der Waals surface area contributed by atoms with E-state index in [9.17, 15) is 4.79 Å². The number of aromatic nitrogens is 1. The fourth-order valence-electron chi connectivity index (χ4n) is 3.40. The number of benzene rings is 1. The van der Waals surface area contributed by atoms with Gasteiger partial charge in [-0.2, -0.15) is 5.10 Å². The number of amides is 1. The third kappa shape index (κ3) is 3.08. The molecule has 5 nitrogen and oxygen atoms in total. The fraction of sp³-hybridized carbons (Fsp3) is 0.316. The molecule has 122 valence electrons. The number of hydrazone groups is 1. The van der Waals surface area contributed by atoms with Crippen LogP contribution in [0.2, 0.25) is 0 Å². The number of carbonyl (C=O) groups excluding carboxylic acids is 1. The van der Waals surface area contributed by atoms with Gasteiger partial charge in [0.1, 0.15) is 0 Å². The summed E-state index contributed by atoms with van der Waals surface area (Å²) in [4.78, 5) is 19.1. The van der Waals surface area contributed by atoms with Gasteiger partial charge < -0.3 is 0 Å². The highest BCUT2D eigenvalue weighted by Gasteiger charge is 2.39. The Bertz CT molecular complexity index is 744. The van der Waals surface area contributed by atoms with Crippen LogP contribution in [0.3, 0.4) is 0 Å². The second kappa shape index (κ2) is 6.53. The molecule has 0 radical (unpaired) electrons. The number of pyridine rings is 1. The first kappa shape index (κ1) is 15.0. The molecule has 1 unspecified atom stereocenters. The molecule has 0 spiro atoms. The lowest BCUT2D eigenvalue weighted by molar-refractivity contribution is -0.132. The van der Waals surface area contributed by atoms with Crippen LogP contribution < -0.4 is 0 Å². The average molecular weight is 320 g/mol. The molecule has 1 aromatic heterocycles. The van der Waals surface area contributed by atoms with E-state index in [1.54, 1.807) is 11.2 Å². The van der Waals surface area contributed by atoms with Crippen molar-refractivity contribution in [3.8, 4) is 0 Å². The van der Waals surface area contributed by atoms with Crippen LogP contribution >= 0.6 is 0 Å². The van der Waals surface area contributed by atoms with E-state index in [0.29, 0.717) is 6.54 Å². The minimum atomic E-state index is -0.0288. The van der Waals surface area contributed by atoms with E-state index in [-0.39, 0.29) is 11.8 Å². The number of piperidine rings is 1. The molecule has 1 aromatic carbocycles. The van der Waals surface area contributed by atoms with Crippen LogP contribution in [0.5, 0.6) is 0 Å². The van der Waals surface area contributed by atoms with Crippen LogP contribution in [0.25, 0.3) is 0 Å². The van der Waals surface area contributed by atoms with Gasteiger partial charge in [-0.1, -0.05) is 36.4 Å². The molecule has 4 rings (SSSR count). The number of carbonyl (C=O) groups is 1. The predicted octanol–water partition coefficient (Wildman–Crippen LogP) is 2.30. The Kier molecular flexibility index (Phi) is 4.09. The molecule has 5 heteroatoms. The maximum Gasteiger partial charge on any atom is 0.251 e. The van der Waals surface area contributed by atoms with Gasteiger partial charge in [0.15, 0.2) is 0 Å². The van der Waals surface area contributed by atoms with Gasteiger partial charge in [-0.3, -0.25) is 14.7 Å². The van der Waals surface area contributed by atoms with Gasteiger partial charge >= 0.3 is 0 Å². The fourth-order valence-corrected chi connectivity index (χ4v) is 3.40. The normalized spacial score (nSPS) is 20.8. The topological polar surface area (TPSA) is 48.8 Å². The molecule has 2 aliphatic heterocycles. The molecule has 0 aliphatic carbocycles. The lowest BCUT2D eigenvalue weighted by atomic mass is 9.94. The molecule has 2 aliphatic rings. The molecule has 3 heterocycles. The first-order valence-corrected chi connectivity index (χ1v) is 8.33. The Hall–Kier alpha value is -2.53. The molecule has 2 aromatic rings. The maximum atomic E-state index is 12.6. The largest absolute Gasteiger partial charge is 0.293 e. The summed E-state index contributed by atoms with van der Waals surface area (Å²) in [6, 6.07) is 14.1. The van der Waals surface area contributed by atoms with E-state index < -0.39 is 0 Å². The standard InChI is InChI=1S/C19H20N4O/c24-19-17-8-10-22(12-16-7-4-9-20-11-16)14-18(17)21-23(19)13-15-5-2-1-3-6-15/h1-7,9,11,17H,8,10,12-14H2. The van der Waals surface area contributed by atoms with Crippen LogP contribution in [0, 0.1) is 5.92 Å².